The van der Waals surface area contributed by atoms with Gasteiger partial charge in [0.05, 0.1) is 27.5 Å². The van der Waals surface area contributed by atoms with Crippen molar-refractivity contribution in [2.24, 2.45) is 0 Å². The number of rotatable bonds is 7. The molecular weight excluding hydrogens is 622 g/mol. The molecule has 0 bridgehead atoms. The van der Waals surface area contributed by atoms with Gasteiger partial charge in [0.25, 0.3) is 0 Å². The van der Waals surface area contributed by atoms with E-state index in [9.17, 15) is 9.59 Å². The molecule has 1 aliphatic rings. The van der Waals surface area contributed by atoms with Gasteiger partial charge in [-0.25, -0.2) is 18.7 Å². The zero-order valence-corrected chi connectivity index (χ0v) is 30.0. The van der Waals surface area contributed by atoms with E-state index in [1.165, 1.54) is 10.6 Å². The molecule has 0 unspecified atom stereocenters. The number of carbonyl (C=O) groups is 1. The van der Waals surface area contributed by atoms with E-state index in [1.807, 2.05) is 95.1 Å². The van der Waals surface area contributed by atoms with Gasteiger partial charge in [0, 0.05) is 36.9 Å². The number of nitrogens with zero attached hydrogens (tertiary/aromatic N) is 6. The maximum Gasteiger partial charge on any atom is 0.355 e. The van der Waals surface area contributed by atoms with Crippen LogP contribution in [0.1, 0.15) is 57.4 Å². The highest BCUT2D eigenvalue weighted by Crippen LogP contribution is 2.38. The molecule has 0 N–H and O–H groups in total. The molecule has 0 radical (unpaired) electrons. The number of hydrogen-bond acceptors (Lipinski definition) is 6. The number of benzene rings is 1. The molecule has 1 saturated heterocycles. The molecule has 244 valence electrons. The summed E-state index contributed by atoms with van der Waals surface area (Å²) in [6.07, 6.45) is 4.28. The zero-order chi connectivity index (χ0) is 35.0. The number of pyridine rings is 2. The minimum atomic E-state index is -0.524. The lowest BCUT2D eigenvalue weighted by Gasteiger charge is -2.45. The number of aromatic nitrogens is 4. The predicted molar refractivity (Wildman–Crippen MR) is 205 cm³/mol. The summed E-state index contributed by atoms with van der Waals surface area (Å²) in [5, 5.41) is 1.76. The largest absolute Gasteiger partial charge is 0.355 e. The minimum Gasteiger partial charge on any atom is -0.347 e. The normalized spacial score (nSPS) is 16.9. The van der Waals surface area contributed by atoms with Crippen LogP contribution in [0.25, 0.3) is 34.1 Å². The van der Waals surface area contributed by atoms with Crippen LogP contribution in [0, 0.1) is 5.82 Å². The number of anilines is 1. The van der Waals surface area contributed by atoms with E-state index >= 15 is 4.39 Å². The van der Waals surface area contributed by atoms with Crippen LogP contribution in [-0.4, -0.2) is 86.9 Å². The summed E-state index contributed by atoms with van der Waals surface area (Å²) >= 11 is 7.04. The Morgan fingerprint density at radius 2 is 1.81 bits per heavy atom. The third-order valence-corrected chi connectivity index (χ3v) is 9.22. The minimum absolute atomic E-state index is 0.0120. The molecule has 1 amide bonds. The molecular formula is C34H40B4ClFN6O2. The fourth-order valence-electron chi connectivity index (χ4n) is 6.66. The molecule has 0 saturated carbocycles. The van der Waals surface area contributed by atoms with Crippen LogP contribution in [0.15, 0.2) is 58.1 Å². The molecule has 0 aliphatic carbocycles. The summed E-state index contributed by atoms with van der Waals surface area (Å²) in [5.41, 5.74) is 3.85. The molecule has 3 aromatic heterocycles. The van der Waals surface area contributed by atoms with E-state index in [4.69, 9.17) is 26.6 Å². The van der Waals surface area contributed by atoms with Gasteiger partial charge < -0.3 is 9.80 Å². The Hall–Kier alpha value is -4.11. The summed E-state index contributed by atoms with van der Waals surface area (Å²) in [5.74, 6) is 1.74. The maximum absolute atomic E-state index is 15.8. The molecule has 48 heavy (non-hydrogen) atoms. The molecule has 14 heteroatoms. The Bertz CT molecular complexity index is 2020. The monoisotopic (exact) mass is 662 g/mol. The lowest BCUT2D eigenvalue weighted by atomic mass is 9.77. The van der Waals surface area contributed by atoms with E-state index in [-0.39, 0.29) is 40.2 Å². The maximum atomic E-state index is 15.8. The number of fused-ring (bicyclic) bond motifs is 1. The van der Waals surface area contributed by atoms with Crippen LogP contribution < -0.4 is 10.6 Å². The summed E-state index contributed by atoms with van der Waals surface area (Å²) in [4.78, 5) is 46.0. The Morgan fingerprint density at radius 3 is 2.42 bits per heavy atom. The molecule has 1 aromatic carbocycles. The number of hydrogen-bond donors (Lipinski definition) is 0. The third-order valence-electron chi connectivity index (χ3n) is 8.94. The predicted octanol–water partition coefficient (Wildman–Crippen LogP) is 2.42. The molecule has 0 spiro atoms. The van der Waals surface area contributed by atoms with Gasteiger partial charge in [-0.1, -0.05) is 50.6 Å². The van der Waals surface area contributed by atoms with Crippen molar-refractivity contribution in [3.05, 3.63) is 91.5 Å². The molecule has 1 fully saturated rings. The zero-order valence-electron chi connectivity index (χ0n) is 29.2. The van der Waals surface area contributed by atoms with Crippen molar-refractivity contribution < 1.29 is 9.18 Å². The van der Waals surface area contributed by atoms with Gasteiger partial charge in [0.15, 0.2) is 5.65 Å². The first kappa shape index (κ1) is 35.2. The number of halogens is 2. The lowest BCUT2D eigenvalue weighted by Crippen LogP contribution is -2.59. The highest BCUT2D eigenvalue weighted by molar-refractivity contribution is 6.50. The molecule has 1 aliphatic heterocycles. The van der Waals surface area contributed by atoms with E-state index in [0.717, 1.165) is 16.6 Å². The van der Waals surface area contributed by atoms with Gasteiger partial charge >= 0.3 is 5.69 Å². The topological polar surface area (TPSA) is 84.2 Å². The van der Waals surface area contributed by atoms with Gasteiger partial charge in [-0.15, -0.1) is 11.3 Å². The van der Waals surface area contributed by atoms with Crippen molar-refractivity contribution in [2.45, 2.75) is 59.0 Å². The lowest BCUT2D eigenvalue weighted by molar-refractivity contribution is -0.127. The average Bonchev–Trinajstić information content (AvgIpc) is 3.03. The summed E-state index contributed by atoms with van der Waals surface area (Å²) in [7, 11) is 7.55. The highest BCUT2D eigenvalue weighted by atomic mass is 35.5. The van der Waals surface area contributed by atoms with E-state index in [1.54, 1.807) is 18.3 Å². The Morgan fingerprint density at radius 1 is 1.12 bits per heavy atom. The highest BCUT2D eigenvalue weighted by Gasteiger charge is 2.35. The number of aryl methyl sites for hydroxylation is 1. The van der Waals surface area contributed by atoms with E-state index in [0.29, 0.717) is 53.1 Å². The Labute approximate surface area is 290 Å². The van der Waals surface area contributed by atoms with Crippen molar-refractivity contribution in [3.63, 3.8) is 0 Å². The van der Waals surface area contributed by atoms with Gasteiger partial charge in [-0.2, -0.15) is 4.98 Å². The first-order chi connectivity index (χ1) is 22.8. The fraction of sp³-hybridized carbons (Fsp3) is 0.324. The third kappa shape index (κ3) is 6.49. The second-order valence-electron chi connectivity index (χ2n) is 13.2. The van der Waals surface area contributed by atoms with Crippen LogP contribution in [0.3, 0.4) is 0 Å². The van der Waals surface area contributed by atoms with Crippen molar-refractivity contribution in [2.75, 3.05) is 18.0 Å². The smallest absolute Gasteiger partial charge is 0.347 e. The van der Waals surface area contributed by atoms with Crippen LogP contribution in [0.2, 0.25) is 5.02 Å². The van der Waals surface area contributed by atoms with Gasteiger partial charge in [-0.3, -0.25) is 9.78 Å². The number of piperazine rings is 1. The van der Waals surface area contributed by atoms with Gasteiger partial charge in [-0.05, 0) is 61.0 Å². The SMILES string of the molecule is B/C=C(\B)C(=O)N1C[C@H](C)N(c2nc(=O)n(-c3c(CC)ccnc3C(C)C)c3nc(-c4c(F)cccc4C=C(B)B)c(Cl)cc23)[C@@H](C)C1. The molecule has 4 aromatic rings. The summed E-state index contributed by atoms with van der Waals surface area (Å²) in [6, 6.07) is 8.15. The second-order valence-corrected chi connectivity index (χ2v) is 13.6. The molecule has 8 nitrogen and oxygen atoms in total. The second kappa shape index (κ2) is 14.2. The van der Waals surface area contributed by atoms with Crippen molar-refractivity contribution in [3.8, 4) is 16.9 Å². The quantitative estimate of drug-likeness (QED) is 0.224. The van der Waals surface area contributed by atoms with E-state index < -0.39 is 11.5 Å². The first-order valence-electron chi connectivity index (χ1n) is 16.5. The number of amides is 1. The molecule has 4 heterocycles. The molecule has 5 rings (SSSR count). The van der Waals surface area contributed by atoms with Crippen molar-refractivity contribution >= 4 is 71.8 Å². The van der Waals surface area contributed by atoms with Crippen molar-refractivity contribution in [1.29, 1.82) is 0 Å². The fourth-order valence-corrected chi connectivity index (χ4v) is 6.90. The summed E-state index contributed by atoms with van der Waals surface area (Å²) < 4.78 is 17.3. The number of carbonyl (C=O) groups excluding carboxylic acids is 1. The van der Waals surface area contributed by atoms with Crippen molar-refractivity contribution in [1.82, 2.24) is 24.4 Å². The average molecular weight is 662 g/mol. The van der Waals surface area contributed by atoms with Gasteiger partial charge in [0.1, 0.15) is 43.0 Å². The van der Waals surface area contributed by atoms with Crippen LogP contribution >= 0.6 is 11.6 Å². The Kier molecular flexibility index (Phi) is 10.4. The van der Waals surface area contributed by atoms with Crippen LogP contribution in [0.5, 0.6) is 0 Å². The summed E-state index contributed by atoms with van der Waals surface area (Å²) in [6.45, 7) is 11.0. The Balaban J connectivity index is 1.86. The van der Waals surface area contributed by atoms with E-state index in [2.05, 4.69) is 4.90 Å². The first-order valence-corrected chi connectivity index (χ1v) is 16.9. The van der Waals surface area contributed by atoms with Gasteiger partial charge in [0.2, 0.25) is 5.91 Å². The molecule has 2 atom stereocenters. The van der Waals surface area contributed by atoms with Crippen LogP contribution in [0.4, 0.5) is 10.2 Å². The van der Waals surface area contributed by atoms with Crippen LogP contribution in [-0.2, 0) is 11.2 Å². The standard InChI is InChI=1S/C34H40B4ClFN6O2/c1-6-20-10-11-41-28(17(2)3)30(20)46-31-22(13-24(39)29(42-31)27-21(12-26(37)38)8-7-9-25(27)40)32(43-34(46)48)45-18(4)15-44(16-19(45)5)33(47)23(36)14-35/h7-14,17-19H,6,15-16,35-38H2,1-5H3/b23-14-/t18-,19-/m0/s1.